The number of aromatic amines is 1. The lowest BCUT2D eigenvalue weighted by molar-refractivity contribution is -0.121. The van der Waals surface area contributed by atoms with E-state index in [4.69, 9.17) is 0 Å². The predicted octanol–water partition coefficient (Wildman–Crippen LogP) is 6.25. The molecule has 34 heavy (non-hydrogen) atoms. The molecule has 1 saturated carbocycles. The van der Waals surface area contributed by atoms with Gasteiger partial charge < -0.3 is 15.6 Å². The third-order valence-corrected chi connectivity index (χ3v) is 6.65. The smallest absolute Gasteiger partial charge is 0.257 e. The molecule has 0 atom stereocenters. The van der Waals surface area contributed by atoms with Crippen molar-refractivity contribution in [2.75, 3.05) is 10.6 Å². The van der Waals surface area contributed by atoms with Crippen LogP contribution in [-0.2, 0) is 4.79 Å². The third kappa shape index (κ3) is 4.86. The fourth-order valence-electron chi connectivity index (χ4n) is 4.57. The van der Waals surface area contributed by atoms with Crippen LogP contribution < -0.4 is 10.6 Å². The summed E-state index contributed by atoms with van der Waals surface area (Å²) in [6.07, 6.45) is 7.40. The van der Waals surface area contributed by atoms with E-state index in [0.29, 0.717) is 5.56 Å². The van der Waals surface area contributed by atoms with Gasteiger partial charge >= 0.3 is 0 Å². The average molecular weight is 453 g/mol. The molecular formula is C28H28N4O2. The molecule has 0 aliphatic heterocycles. The van der Waals surface area contributed by atoms with Crippen molar-refractivity contribution in [3.63, 3.8) is 0 Å². The molecule has 6 nitrogen and oxygen atoms in total. The summed E-state index contributed by atoms with van der Waals surface area (Å²) in [5, 5.41) is 7.00. The van der Waals surface area contributed by atoms with Crippen LogP contribution in [0.5, 0.6) is 0 Å². The zero-order valence-corrected chi connectivity index (χ0v) is 19.2. The Morgan fingerprint density at radius 2 is 1.68 bits per heavy atom. The van der Waals surface area contributed by atoms with Crippen molar-refractivity contribution in [1.82, 2.24) is 9.97 Å². The molecule has 2 aromatic carbocycles. The largest absolute Gasteiger partial charge is 0.355 e. The van der Waals surface area contributed by atoms with Gasteiger partial charge in [-0.1, -0.05) is 19.1 Å². The summed E-state index contributed by atoms with van der Waals surface area (Å²) in [5.74, 6) is 0.792. The highest BCUT2D eigenvalue weighted by molar-refractivity contribution is 6.05. The van der Waals surface area contributed by atoms with E-state index in [1.165, 1.54) is 0 Å². The molecule has 2 aromatic heterocycles. The maximum absolute atomic E-state index is 12.6. The Balaban J connectivity index is 1.26. The van der Waals surface area contributed by atoms with E-state index in [0.717, 1.165) is 65.1 Å². The standard InChI is InChI=1S/C28H28N4O2/c1-18-4-6-20(7-5-18)27(33)30-23-10-8-19(9-11-23)26-16-22-15-24(12-13-25(22)32-26)31-28(34)21-3-2-14-29-17-21/h2-3,8-18,20,32H,4-7H2,1H3,(H,30,33)(H,31,34). The first-order valence-electron chi connectivity index (χ1n) is 11.8. The molecule has 0 unspecified atom stereocenters. The van der Waals surface area contributed by atoms with Crippen LogP contribution in [-0.4, -0.2) is 21.8 Å². The van der Waals surface area contributed by atoms with E-state index < -0.39 is 0 Å². The van der Waals surface area contributed by atoms with E-state index in [-0.39, 0.29) is 17.7 Å². The molecule has 0 saturated heterocycles. The molecule has 1 fully saturated rings. The number of nitrogens with zero attached hydrogens (tertiary/aromatic N) is 1. The molecule has 5 rings (SSSR count). The van der Waals surface area contributed by atoms with Gasteiger partial charge in [0.1, 0.15) is 0 Å². The summed E-state index contributed by atoms with van der Waals surface area (Å²) in [7, 11) is 0. The van der Waals surface area contributed by atoms with E-state index in [2.05, 4.69) is 33.6 Å². The fraction of sp³-hybridized carbons (Fsp3) is 0.250. The van der Waals surface area contributed by atoms with Gasteiger partial charge in [0.25, 0.3) is 5.91 Å². The monoisotopic (exact) mass is 452 g/mol. The van der Waals surface area contributed by atoms with E-state index in [9.17, 15) is 9.59 Å². The normalized spacial score (nSPS) is 17.9. The Labute approximate surface area is 198 Å². The minimum absolute atomic E-state index is 0.123. The van der Waals surface area contributed by atoms with Crippen LogP contribution in [0.2, 0.25) is 0 Å². The maximum atomic E-state index is 12.6. The molecule has 0 radical (unpaired) electrons. The van der Waals surface area contributed by atoms with Crippen molar-refractivity contribution >= 4 is 34.1 Å². The maximum Gasteiger partial charge on any atom is 0.257 e. The zero-order chi connectivity index (χ0) is 23.5. The van der Waals surface area contributed by atoms with Gasteiger partial charge in [-0.25, -0.2) is 0 Å². The van der Waals surface area contributed by atoms with Crippen LogP contribution in [0, 0.1) is 11.8 Å². The number of rotatable bonds is 5. The van der Waals surface area contributed by atoms with Crippen LogP contribution >= 0.6 is 0 Å². The van der Waals surface area contributed by atoms with Crippen LogP contribution in [0.1, 0.15) is 43.0 Å². The van der Waals surface area contributed by atoms with Gasteiger partial charge in [0.05, 0.1) is 5.56 Å². The zero-order valence-electron chi connectivity index (χ0n) is 19.2. The number of pyridine rings is 1. The highest BCUT2D eigenvalue weighted by Crippen LogP contribution is 2.30. The summed E-state index contributed by atoms with van der Waals surface area (Å²) in [5.41, 5.74) is 5.05. The first-order chi connectivity index (χ1) is 16.5. The Morgan fingerprint density at radius 3 is 2.41 bits per heavy atom. The molecule has 172 valence electrons. The first-order valence-corrected chi connectivity index (χ1v) is 11.8. The number of carbonyl (C=O) groups excluding carboxylic acids is 2. The highest BCUT2D eigenvalue weighted by atomic mass is 16.2. The summed E-state index contributed by atoms with van der Waals surface area (Å²) in [4.78, 5) is 32.4. The molecule has 0 spiro atoms. The highest BCUT2D eigenvalue weighted by Gasteiger charge is 2.24. The number of amides is 2. The summed E-state index contributed by atoms with van der Waals surface area (Å²) >= 11 is 0. The molecule has 0 bridgehead atoms. The van der Waals surface area contributed by atoms with E-state index in [1.54, 1.807) is 24.5 Å². The van der Waals surface area contributed by atoms with Gasteiger partial charge in [0, 0.05) is 46.3 Å². The lowest BCUT2D eigenvalue weighted by Gasteiger charge is -2.25. The van der Waals surface area contributed by atoms with Crippen molar-refractivity contribution in [3.8, 4) is 11.3 Å². The van der Waals surface area contributed by atoms with Crippen molar-refractivity contribution in [1.29, 1.82) is 0 Å². The van der Waals surface area contributed by atoms with Crippen molar-refractivity contribution in [2.45, 2.75) is 32.6 Å². The number of benzene rings is 2. The Kier molecular flexibility index (Phi) is 6.12. The number of anilines is 2. The third-order valence-electron chi connectivity index (χ3n) is 6.65. The first kappa shape index (κ1) is 21.9. The fourth-order valence-corrected chi connectivity index (χ4v) is 4.57. The van der Waals surface area contributed by atoms with Crippen molar-refractivity contribution in [2.24, 2.45) is 11.8 Å². The van der Waals surface area contributed by atoms with E-state index >= 15 is 0 Å². The summed E-state index contributed by atoms with van der Waals surface area (Å²) < 4.78 is 0. The van der Waals surface area contributed by atoms with Gasteiger partial charge in [0.2, 0.25) is 5.91 Å². The van der Waals surface area contributed by atoms with E-state index in [1.807, 2.05) is 42.5 Å². The molecular weight excluding hydrogens is 424 g/mol. The number of hydrogen-bond donors (Lipinski definition) is 3. The van der Waals surface area contributed by atoms with Crippen LogP contribution in [0.4, 0.5) is 11.4 Å². The minimum Gasteiger partial charge on any atom is -0.355 e. The van der Waals surface area contributed by atoms with Gasteiger partial charge in [0.15, 0.2) is 0 Å². The van der Waals surface area contributed by atoms with Crippen molar-refractivity contribution in [3.05, 3.63) is 78.6 Å². The topological polar surface area (TPSA) is 86.9 Å². The minimum atomic E-state index is -0.191. The Hall–Kier alpha value is -3.93. The Bertz CT molecular complexity index is 1300. The second kappa shape index (κ2) is 9.51. The van der Waals surface area contributed by atoms with Crippen LogP contribution in [0.25, 0.3) is 22.2 Å². The molecule has 1 aliphatic carbocycles. The molecule has 2 amide bonds. The van der Waals surface area contributed by atoms with Crippen LogP contribution in [0.15, 0.2) is 73.1 Å². The summed E-state index contributed by atoms with van der Waals surface area (Å²) in [6, 6.07) is 19.2. The number of aromatic nitrogens is 2. The second-order valence-corrected chi connectivity index (χ2v) is 9.20. The lowest BCUT2D eigenvalue weighted by Crippen LogP contribution is -2.26. The van der Waals surface area contributed by atoms with Gasteiger partial charge in [-0.2, -0.15) is 0 Å². The molecule has 2 heterocycles. The number of fused-ring (bicyclic) bond motifs is 1. The second-order valence-electron chi connectivity index (χ2n) is 9.20. The number of H-pyrrole nitrogens is 1. The van der Waals surface area contributed by atoms with Crippen LogP contribution in [0.3, 0.4) is 0 Å². The number of carbonyl (C=O) groups is 2. The Morgan fingerprint density at radius 1 is 0.912 bits per heavy atom. The van der Waals surface area contributed by atoms with Gasteiger partial charge in [-0.3, -0.25) is 14.6 Å². The average Bonchev–Trinajstić information content (AvgIpc) is 3.29. The lowest BCUT2D eigenvalue weighted by atomic mass is 9.82. The molecule has 1 aliphatic rings. The van der Waals surface area contributed by atoms with Crippen molar-refractivity contribution < 1.29 is 9.59 Å². The predicted molar refractivity (Wildman–Crippen MR) is 136 cm³/mol. The molecule has 6 heteroatoms. The SMILES string of the molecule is CC1CCC(C(=O)Nc2ccc(-c3cc4cc(NC(=O)c5cccnc5)ccc4[nH]3)cc2)CC1. The summed E-state index contributed by atoms with van der Waals surface area (Å²) in [6.45, 7) is 2.26. The van der Waals surface area contributed by atoms with Gasteiger partial charge in [-0.15, -0.1) is 0 Å². The quantitative estimate of drug-likeness (QED) is 0.335. The molecule has 3 N–H and O–H groups in total. The van der Waals surface area contributed by atoms with Gasteiger partial charge in [-0.05, 0) is 85.7 Å². The number of hydrogen-bond acceptors (Lipinski definition) is 3. The molecule has 4 aromatic rings. The number of nitrogens with one attached hydrogen (secondary N) is 3.